The Kier molecular flexibility index (Phi) is 6.00. The minimum atomic E-state index is 0.685. The molecule has 0 bridgehead atoms. The summed E-state index contributed by atoms with van der Waals surface area (Å²) in [6.45, 7) is 6.16. The molecule has 0 saturated carbocycles. The minimum Gasteiger partial charge on any atom is -0.313 e. The summed E-state index contributed by atoms with van der Waals surface area (Å²) in [6, 6.07) is 0.685. The SMILES string of the molecule is CC(NCC1CSCCS1)C1CCCN(C)C1. The Morgan fingerprint density at radius 2 is 2.29 bits per heavy atom. The molecule has 4 heteroatoms. The molecule has 2 rings (SSSR count). The van der Waals surface area contributed by atoms with E-state index in [9.17, 15) is 0 Å². The highest BCUT2D eigenvalue weighted by Gasteiger charge is 2.23. The van der Waals surface area contributed by atoms with E-state index in [0.29, 0.717) is 6.04 Å². The highest BCUT2D eigenvalue weighted by Crippen LogP contribution is 2.24. The van der Waals surface area contributed by atoms with Crippen molar-refractivity contribution in [2.24, 2.45) is 5.92 Å². The van der Waals surface area contributed by atoms with Crippen molar-refractivity contribution in [3.05, 3.63) is 0 Å². The summed E-state index contributed by atoms with van der Waals surface area (Å²) < 4.78 is 0. The summed E-state index contributed by atoms with van der Waals surface area (Å²) >= 11 is 4.28. The summed E-state index contributed by atoms with van der Waals surface area (Å²) in [6.07, 6.45) is 2.78. The Balaban J connectivity index is 1.67. The quantitative estimate of drug-likeness (QED) is 0.844. The molecule has 0 aromatic rings. The van der Waals surface area contributed by atoms with E-state index >= 15 is 0 Å². The zero-order valence-corrected chi connectivity index (χ0v) is 12.8. The van der Waals surface area contributed by atoms with E-state index in [4.69, 9.17) is 0 Å². The van der Waals surface area contributed by atoms with E-state index in [-0.39, 0.29) is 0 Å². The van der Waals surface area contributed by atoms with Gasteiger partial charge in [-0.2, -0.15) is 23.5 Å². The molecule has 17 heavy (non-hydrogen) atoms. The Labute approximate surface area is 115 Å². The molecule has 3 atom stereocenters. The van der Waals surface area contributed by atoms with Crippen LogP contribution in [0.15, 0.2) is 0 Å². The van der Waals surface area contributed by atoms with Crippen molar-refractivity contribution in [1.82, 2.24) is 10.2 Å². The fourth-order valence-corrected chi connectivity index (χ4v) is 5.38. The normalized spacial score (nSPS) is 33.5. The summed E-state index contributed by atoms with van der Waals surface area (Å²) in [4.78, 5) is 2.48. The van der Waals surface area contributed by atoms with Gasteiger partial charge >= 0.3 is 0 Å². The van der Waals surface area contributed by atoms with Crippen molar-refractivity contribution in [2.75, 3.05) is 43.9 Å². The number of nitrogens with one attached hydrogen (secondary N) is 1. The summed E-state index contributed by atoms with van der Waals surface area (Å²) in [5.41, 5.74) is 0. The highest BCUT2D eigenvalue weighted by molar-refractivity contribution is 8.06. The first-order valence-corrected chi connectivity index (χ1v) is 9.07. The van der Waals surface area contributed by atoms with Gasteiger partial charge in [0.1, 0.15) is 0 Å². The first-order valence-electron chi connectivity index (χ1n) is 6.87. The third-order valence-corrected chi connectivity index (χ3v) is 6.77. The number of hydrogen-bond donors (Lipinski definition) is 1. The molecular formula is C13H26N2S2. The third-order valence-electron chi connectivity index (χ3n) is 3.92. The van der Waals surface area contributed by atoms with Crippen molar-refractivity contribution in [3.63, 3.8) is 0 Å². The van der Waals surface area contributed by atoms with Gasteiger partial charge in [-0.3, -0.25) is 0 Å². The fourth-order valence-electron chi connectivity index (χ4n) is 2.75. The van der Waals surface area contributed by atoms with Crippen molar-refractivity contribution in [2.45, 2.75) is 31.1 Å². The monoisotopic (exact) mass is 274 g/mol. The molecule has 0 amide bonds. The standard InChI is InChI=1S/C13H26N2S2/c1-11(12-4-3-5-15(2)9-12)14-8-13-10-16-6-7-17-13/h11-14H,3-10H2,1-2H3. The Bertz CT molecular complexity index is 219. The van der Waals surface area contributed by atoms with Crippen molar-refractivity contribution in [1.29, 1.82) is 0 Å². The summed E-state index contributed by atoms with van der Waals surface area (Å²) in [5.74, 6) is 4.89. The maximum Gasteiger partial charge on any atom is 0.0263 e. The minimum absolute atomic E-state index is 0.685. The van der Waals surface area contributed by atoms with Gasteiger partial charge in [0.15, 0.2) is 0 Å². The van der Waals surface area contributed by atoms with Gasteiger partial charge in [0.25, 0.3) is 0 Å². The van der Waals surface area contributed by atoms with Crippen LogP contribution in [-0.2, 0) is 0 Å². The number of nitrogens with zero attached hydrogens (tertiary/aromatic N) is 1. The number of hydrogen-bond acceptors (Lipinski definition) is 4. The topological polar surface area (TPSA) is 15.3 Å². The second-order valence-electron chi connectivity index (χ2n) is 5.43. The lowest BCUT2D eigenvalue weighted by atomic mass is 9.92. The van der Waals surface area contributed by atoms with Crippen molar-refractivity contribution < 1.29 is 0 Å². The van der Waals surface area contributed by atoms with Crippen LogP contribution in [0, 0.1) is 5.92 Å². The van der Waals surface area contributed by atoms with Crippen LogP contribution in [0.25, 0.3) is 0 Å². The molecule has 2 fully saturated rings. The summed E-state index contributed by atoms with van der Waals surface area (Å²) in [5, 5.41) is 4.63. The number of piperidine rings is 1. The van der Waals surface area contributed by atoms with Crippen LogP contribution in [0.5, 0.6) is 0 Å². The molecule has 2 nitrogen and oxygen atoms in total. The number of thioether (sulfide) groups is 2. The molecule has 100 valence electrons. The Morgan fingerprint density at radius 1 is 1.41 bits per heavy atom. The van der Waals surface area contributed by atoms with Crippen LogP contribution in [0.2, 0.25) is 0 Å². The van der Waals surface area contributed by atoms with Crippen molar-refractivity contribution >= 4 is 23.5 Å². The van der Waals surface area contributed by atoms with Gasteiger partial charge in [-0.15, -0.1) is 0 Å². The fraction of sp³-hybridized carbons (Fsp3) is 1.00. The number of likely N-dealkylation sites (tertiary alicyclic amines) is 1. The predicted octanol–water partition coefficient (Wildman–Crippen LogP) is 2.15. The van der Waals surface area contributed by atoms with E-state index in [1.807, 2.05) is 0 Å². The zero-order valence-electron chi connectivity index (χ0n) is 11.2. The molecule has 2 saturated heterocycles. The van der Waals surface area contributed by atoms with Gasteiger partial charge in [0, 0.05) is 41.6 Å². The van der Waals surface area contributed by atoms with E-state index in [1.165, 1.54) is 49.7 Å². The molecule has 2 aliphatic heterocycles. The van der Waals surface area contributed by atoms with E-state index in [0.717, 1.165) is 11.2 Å². The molecular weight excluding hydrogens is 248 g/mol. The smallest absolute Gasteiger partial charge is 0.0263 e. The number of rotatable bonds is 4. The predicted molar refractivity (Wildman–Crippen MR) is 81.3 cm³/mol. The highest BCUT2D eigenvalue weighted by atomic mass is 32.2. The third kappa shape index (κ3) is 4.66. The van der Waals surface area contributed by atoms with E-state index in [1.54, 1.807) is 0 Å². The van der Waals surface area contributed by atoms with Crippen LogP contribution in [0.4, 0.5) is 0 Å². The zero-order chi connectivity index (χ0) is 12.1. The molecule has 0 aromatic carbocycles. The molecule has 1 N–H and O–H groups in total. The van der Waals surface area contributed by atoms with Crippen LogP contribution in [0.3, 0.4) is 0 Å². The maximum atomic E-state index is 3.78. The summed E-state index contributed by atoms with van der Waals surface area (Å²) in [7, 11) is 2.26. The van der Waals surface area contributed by atoms with Gasteiger partial charge in [-0.25, -0.2) is 0 Å². The molecule has 0 aliphatic carbocycles. The van der Waals surface area contributed by atoms with Crippen LogP contribution < -0.4 is 5.32 Å². The lowest BCUT2D eigenvalue weighted by Gasteiger charge is -2.34. The van der Waals surface area contributed by atoms with Crippen molar-refractivity contribution in [3.8, 4) is 0 Å². The van der Waals surface area contributed by atoms with Gasteiger partial charge in [0.2, 0.25) is 0 Å². The average molecular weight is 274 g/mol. The van der Waals surface area contributed by atoms with E-state index < -0.39 is 0 Å². The first-order chi connectivity index (χ1) is 8.25. The molecule has 0 spiro atoms. The average Bonchev–Trinajstić information content (AvgIpc) is 2.37. The first kappa shape index (κ1) is 14.0. The molecule has 0 radical (unpaired) electrons. The maximum absolute atomic E-state index is 3.78. The van der Waals surface area contributed by atoms with Crippen LogP contribution >= 0.6 is 23.5 Å². The van der Waals surface area contributed by atoms with Gasteiger partial charge in [-0.1, -0.05) is 0 Å². The van der Waals surface area contributed by atoms with Gasteiger partial charge in [-0.05, 0) is 39.3 Å². The molecule has 3 unspecified atom stereocenters. The molecule has 2 aliphatic rings. The Morgan fingerprint density at radius 3 is 3.00 bits per heavy atom. The lowest BCUT2D eigenvalue weighted by Crippen LogP contribution is -2.45. The Hall–Kier alpha value is 0.620. The second kappa shape index (κ2) is 7.27. The van der Waals surface area contributed by atoms with E-state index in [2.05, 4.69) is 47.7 Å². The van der Waals surface area contributed by atoms with Crippen LogP contribution in [-0.4, -0.2) is 60.1 Å². The molecule has 0 aromatic heterocycles. The second-order valence-corrected chi connectivity index (χ2v) is 7.99. The lowest BCUT2D eigenvalue weighted by molar-refractivity contribution is 0.179. The van der Waals surface area contributed by atoms with Gasteiger partial charge in [0.05, 0.1) is 0 Å². The van der Waals surface area contributed by atoms with Crippen LogP contribution in [0.1, 0.15) is 19.8 Å². The molecule has 2 heterocycles. The van der Waals surface area contributed by atoms with Gasteiger partial charge < -0.3 is 10.2 Å². The largest absolute Gasteiger partial charge is 0.313 e.